The Bertz CT molecular complexity index is 366. The fourth-order valence-corrected chi connectivity index (χ4v) is 5.10. The fraction of sp³-hybridized carbons (Fsp3) is 1.00. The summed E-state index contributed by atoms with van der Waals surface area (Å²) in [5.74, 6) is 0.364. The number of nitrogens with zero attached hydrogens (tertiary/aromatic N) is 2. The molecule has 0 spiro atoms. The Balaban J connectivity index is 2.16. The van der Waals surface area contributed by atoms with Crippen molar-refractivity contribution in [3.8, 4) is 0 Å². The zero-order valence-corrected chi connectivity index (χ0v) is 12.0. The van der Waals surface area contributed by atoms with E-state index >= 15 is 0 Å². The summed E-state index contributed by atoms with van der Waals surface area (Å²) < 4.78 is 28.6. The van der Waals surface area contributed by atoms with Gasteiger partial charge in [-0.15, -0.1) is 0 Å². The van der Waals surface area contributed by atoms with Crippen LogP contribution in [0.5, 0.6) is 0 Å². The van der Waals surface area contributed by atoms with Gasteiger partial charge in [-0.3, -0.25) is 0 Å². The predicted molar refractivity (Wildman–Crippen MR) is 72.3 cm³/mol. The van der Waals surface area contributed by atoms with Gasteiger partial charge in [-0.2, -0.15) is 17.0 Å². The zero-order chi connectivity index (χ0) is 13.2. The molecule has 0 bridgehead atoms. The van der Waals surface area contributed by atoms with E-state index in [1.54, 1.807) is 8.61 Å². The molecule has 2 fully saturated rings. The second-order valence-electron chi connectivity index (χ2n) is 5.50. The van der Waals surface area contributed by atoms with Crippen LogP contribution in [0.2, 0.25) is 0 Å². The summed E-state index contributed by atoms with van der Waals surface area (Å²) in [6, 6.07) is -0.0225. The minimum atomic E-state index is -3.29. The maximum absolute atomic E-state index is 12.7. The monoisotopic (exact) mass is 275 g/mol. The molecule has 6 heteroatoms. The molecule has 0 aliphatic carbocycles. The van der Waals surface area contributed by atoms with Crippen molar-refractivity contribution < 1.29 is 8.42 Å². The van der Waals surface area contributed by atoms with Gasteiger partial charge in [-0.25, -0.2) is 0 Å². The summed E-state index contributed by atoms with van der Waals surface area (Å²) in [4.78, 5) is 0. The molecule has 2 saturated heterocycles. The van der Waals surface area contributed by atoms with Crippen LogP contribution in [0.1, 0.15) is 39.0 Å². The molecule has 2 unspecified atom stereocenters. The first-order valence-electron chi connectivity index (χ1n) is 7.04. The van der Waals surface area contributed by atoms with E-state index in [2.05, 4.69) is 6.92 Å². The van der Waals surface area contributed by atoms with Crippen LogP contribution in [0.4, 0.5) is 0 Å². The van der Waals surface area contributed by atoms with Gasteiger partial charge in [0.25, 0.3) is 10.2 Å². The third-order valence-electron chi connectivity index (χ3n) is 4.24. The van der Waals surface area contributed by atoms with Crippen LogP contribution in [-0.4, -0.2) is 49.2 Å². The molecule has 106 valence electrons. The quantitative estimate of drug-likeness (QED) is 0.827. The molecule has 2 aliphatic rings. The first-order chi connectivity index (χ1) is 8.57. The van der Waals surface area contributed by atoms with E-state index in [1.165, 1.54) is 0 Å². The largest absolute Gasteiger partial charge is 0.329 e. The van der Waals surface area contributed by atoms with Gasteiger partial charge in [-0.1, -0.05) is 13.3 Å². The van der Waals surface area contributed by atoms with Crippen LogP contribution in [-0.2, 0) is 10.2 Å². The van der Waals surface area contributed by atoms with Gasteiger partial charge in [0.1, 0.15) is 0 Å². The number of hydrogen-bond acceptors (Lipinski definition) is 3. The van der Waals surface area contributed by atoms with Crippen LogP contribution >= 0.6 is 0 Å². The first-order valence-corrected chi connectivity index (χ1v) is 8.44. The van der Waals surface area contributed by atoms with Crippen LogP contribution in [0.25, 0.3) is 0 Å². The van der Waals surface area contributed by atoms with Crippen LogP contribution in [0, 0.1) is 5.92 Å². The maximum atomic E-state index is 12.7. The van der Waals surface area contributed by atoms with Crippen molar-refractivity contribution >= 4 is 10.2 Å². The van der Waals surface area contributed by atoms with Gasteiger partial charge >= 0.3 is 0 Å². The molecule has 0 saturated carbocycles. The molecule has 18 heavy (non-hydrogen) atoms. The molecule has 2 aliphatic heterocycles. The molecule has 2 N–H and O–H groups in total. The first kappa shape index (κ1) is 14.2. The van der Waals surface area contributed by atoms with Gasteiger partial charge in [0.05, 0.1) is 0 Å². The molecule has 0 aromatic heterocycles. The Labute approximate surface area is 110 Å². The van der Waals surface area contributed by atoms with Crippen molar-refractivity contribution in [1.29, 1.82) is 0 Å². The van der Waals surface area contributed by atoms with Crippen LogP contribution in [0.3, 0.4) is 0 Å². The molecular formula is C12H25N3O2S. The third-order valence-corrected chi connectivity index (χ3v) is 6.31. The SMILES string of the molecule is CC1CCCN(S(=O)(=O)N2CCCCC2)C1CN. The maximum Gasteiger partial charge on any atom is 0.282 e. The highest BCUT2D eigenvalue weighted by Gasteiger charge is 2.38. The summed E-state index contributed by atoms with van der Waals surface area (Å²) in [5.41, 5.74) is 5.79. The third kappa shape index (κ3) is 2.71. The molecular weight excluding hydrogens is 250 g/mol. The fourth-order valence-electron chi connectivity index (χ4n) is 3.09. The lowest BCUT2D eigenvalue weighted by molar-refractivity contribution is 0.176. The van der Waals surface area contributed by atoms with Gasteiger partial charge in [0.2, 0.25) is 0 Å². The van der Waals surface area contributed by atoms with E-state index in [0.29, 0.717) is 32.1 Å². The lowest BCUT2D eigenvalue weighted by Crippen LogP contribution is -2.56. The molecule has 5 nitrogen and oxygen atoms in total. The van der Waals surface area contributed by atoms with E-state index in [4.69, 9.17) is 5.73 Å². The summed E-state index contributed by atoms with van der Waals surface area (Å²) in [5, 5.41) is 0. The highest BCUT2D eigenvalue weighted by molar-refractivity contribution is 7.86. The Morgan fingerprint density at radius 1 is 1.11 bits per heavy atom. The Morgan fingerprint density at radius 2 is 1.78 bits per heavy atom. The van der Waals surface area contributed by atoms with Gasteiger partial charge in [-0.05, 0) is 31.6 Å². The lowest BCUT2D eigenvalue weighted by Gasteiger charge is -2.41. The van der Waals surface area contributed by atoms with Crippen molar-refractivity contribution in [2.75, 3.05) is 26.2 Å². The summed E-state index contributed by atoms with van der Waals surface area (Å²) in [6.07, 6.45) is 5.13. The van der Waals surface area contributed by atoms with E-state index in [0.717, 1.165) is 32.1 Å². The standard InChI is InChI=1S/C12H25N3O2S/c1-11-6-5-9-15(12(11)10-13)18(16,17)14-7-3-2-4-8-14/h11-12H,2-10,13H2,1H3. The Kier molecular flexibility index (Phi) is 4.64. The minimum Gasteiger partial charge on any atom is -0.329 e. The van der Waals surface area contributed by atoms with Crippen LogP contribution in [0.15, 0.2) is 0 Å². The second kappa shape index (κ2) is 5.86. The summed E-state index contributed by atoms with van der Waals surface area (Å²) in [6.45, 7) is 4.50. The molecule has 0 radical (unpaired) electrons. The Hall–Kier alpha value is -0.170. The van der Waals surface area contributed by atoms with Gasteiger partial charge in [0, 0.05) is 32.2 Å². The minimum absolute atomic E-state index is 0.0225. The van der Waals surface area contributed by atoms with Crippen molar-refractivity contribution in [1.82, 2.24) is 8.61 Å². The van der Waals surface area contributed by atoms with E-state index in [-0.39, 0.29) is 6.04 Å². The molecule has 2 atom stereocenters. The molecule has 2 heterocycles. The highest BCUT2D eigenvalue weighted by atomic mass is 32.2. The summed E-state index contributed by atoms with van der Waals surface area (Å²) in [7, 11) is -3.29. The summed E-state index contributed by atoms with van der Waals surface area (Å²) >= 11 is 0. The molecule has 0 amide bonds. The van der Waals surface area contributed by atoms with Gasteiger partial charge < -0.3 is 5.73 Å². The predicted octanol–water partition coefficient (Wildman–Crippen LogP) is 0.776. The van der Waals surface area contributed by atoms with Crippen LogP contribution < -0.4 is 5.73 Å². The Morgan fingerprint density at radius 3 is 2.39 bits per heavy atom. The normalized spacial score (nSPS) is 32.6. The van der Waals surface area contributed by atoms with Crippen molar-refractivity contribution in [2.45, 2.75) is 45.1 Å². The topological polar surface area (TPSA) is 66.6 Å². The number of hydrogen-bond donors (Lipinski definition) is 1. The van der Waals surface area contributed by atoms with E-state index < -0.39 is 10.2 Å². The number of nitrogens with two attached hydrogens (primary N) is 1. The number of piperidine rings is 2. The average Bonchev–Trinajstić information content (AvgIpc) is 2.39. The smallest absolute Gasteiger partial charge is 0.282 e. The van der Waals surface area contributed by atoms with Crippen molar-refractivity contribution in [2.24, 2.45) is 11.7 Å². The van der Waals surface area contributed by atoms with E-state index in [1.807, 2.05) is 0 Å². The molecule has 2 rings (SSSR count). The second-order valence-corrected chi connectivity index (χ2v) is 7.38. The molecule has 0 aromatic rings. The average molecular weight is 275 g/mol. The number of rotatable bonds is 3. The lowest BCUT2D eigenvalue weighted by atomic mass is 9.93. The van der Waals surface area contributed by atoms with Crippen molar-refractivity contribution in [3.05, 3.63) is 0 Å². The van der Waals surface area contributed by atoms with E-state index in [9.17, 15) is 8.42 Å². The van der Waals surface area contributed by atoms with Crippen molar-refractivity contribution in [3.63, 3.8) is 0 Å². The van der Waals surface area contributed by atoms with Gasteiger partial charge in [0.15, 0.2) is 0 Å². The zero-order valence-electron chi connectivity index (χ0n) is 11.2. The highest BCUT2D eigenvalue weighted by Crippen LogP contribution is 2.27. The molecule has 0 aromatic carbocycles.